The fourth-order valence-corrected chi connectivity index (χ4v) is 4.35. The molecule has 3 N–H and O–H groups in total. The number of carbonyl (C=O) groups excluding carboxylic acids is 2. The molecule has 2 amide bonds. The van der Waals surface area contributed by atoms with E-state index in [1.807, 2.05) is 36.4 Å². The van der Waals surface area contributed by atoms with Gasteiger partial charge in [0.25, 0.3) is 0 Å². The Kier molecular flexibility index (Phi) is 7.45. The fourth-order valence-electron chi connectivity index (χ4n) is 4.15. The highest BCUT2D eigenvalue weighted by molar-refractivity contribution is 6.30. The average molecular weight is 456 g/mol. The van der Waals surface area contributed by atoms with Crippen LogP contribution < -0.4 is 10.6 Å². The van der Waals surface area contributed by atoms with E-state index >= 15 is 0 Å². The number of amides is 2. The van der Waals surface area contributed by atoms with Crippen molar-refractivity contribution in [3.8, 4) is 0 Å². The Balaban J connectivity index is 1.21. The minimum absolute atomic E-state index is 0.0964. The van der Waals surface area contributed by atoms with E-state index in [-0.39, 0.29) is 23.8 Å². The molecular formula is C25H30ClN3O3. The van der Waals surface area contributed by atoms with Gasteiger partial charge in [-0.15, -0.1) is 0 Å². The predicted molar refractivity (Wildman–Crippen MR) is 126 cm³/mol. The van der Waals surface area contributed by atoms with Crippen molar-refractivity contribution in [1.29, 1.82) is 0 Å². The molecule has 1 heterocycles. The number of anilines is 1. The van der Waals surface area contributed by atoms with E-state index < -0.39 is 6.10 Å². The van der Waals surface area contributed by atoms with Crippen LogP contribution in [0.4, 0.5) is 5.69 Å². The number of nitrogens with zero attached hydrogens (tertiary/aromatic N) is 1. The van der Waals surface area contributed by atoms with Crippen molar-refractivity contribution in [3.05, 3.63) is 64.7 Å². The number of nitrogens with one attached hydrogen (secondary N) is 2. The topological polar surface area (TPSA) is 81.7 Å². The highest BCUT2D eigenvalue weighted by Gasteiger charge is 2.40. The molecule has 0 aromatic heterocycles. The molecule has 170 valence electrons. The minimum atomic E-state index is -0.603. The third-order valence-electron chi connectivity index (χ3n) is 6.15. The molecule has 1 saturated carbocycles. The summed E-state index contributed by atoms with van der Waals surface area (Å²) in [6, 6.07) is 14.7. The van der Waals surface area contributed by atoms with Gasteiger partial charge in [0.05, 0.1) is 6.10 Å². The van der Waals surface area contributed by atoms with Gasteiger partial charge in [0.1, 0.15) is 6.04 Å². The maximum absolute atomic E-state index is 12.7. The number of aliphatic hydroxyl groups is 1. The summed E-state index contributed by atoms with van der Waals surface area (Å²) in [6.45, 7) is 1.86. The van der Waals surface area contributed by atoms with Crippen molar-refractivity contribution in [3.63, 3.8) is 0 Å². The molecule has 2 aromatic rings. The lowest BCUT2D eigenvalue weighted by Crippen LogP contribution is -2.43. The van der Waals surface area contributed by atoms with Crippen LogP contribution in [0.5, 0.6) is 0 Å². The molecule has 0 unspecified atom stereocenters. The third kappa shape index (κ3) is 5.88. The smallest absolute Gasteiger partial charge is 0.247 e. The number of carbonyl (C=O) groups is 2. The van der Waals surface area contributed by atoms with Crippen LogP contribution >= 0.6 is 11.6 Å². The molecule has 1 aliphatic carbocycles. The minimum Gasteiger partial charge on any atom is -0.387 e. The fraction of sp³-hybridized carbons (Fsp3) is 0.440. The van der Waals surface area contributed by atoms with Crippen molar-refractivity contribution in [1.82, 2.24) is 10.2 Å². The van der Waals surface area contributed by atoms with Gasteiger partial charge in [0.2, 0.25) is 11.8 Å². The van der Waals surface area contributed by atoms with Crippen LogP contribution in [-0.2, 0) is 16.0 Å². The van der Waals surface area contributed by atoms with E-state index in [1.165, 1.54) is 0 Å². The summed E-state index contributed by atoms with van der Waals surface area (Å²) < 4.78 is 0. The molecule has 6 nitrogen and oxygen atoms in total. The maximum atomic E-state index is 12.7. The second-order valence-corrected chi connectivity index (χ2v) is 9.11. The van der Waals surface area contributed by atoms with Gasteiger partial charge in [0.15, 0.2) is 0 Å². The maximum Gasteiger partial charge on any atom is 0.247 e. The first kappa shape index (κ1) is 22.8. The Hall–Kier alpha value is -2.41. The zero-order chi connectivity index (χ0) is 22.5. The summed E-state index contributed by atoms with van der Waals surface area (Å²) in [5, 5.41) is 17.1. The first-order valence-corrected chi connectivity index (χ1v) is 11.7. The number of benzene rings is 2. The van der Waals surface area contributed by atoms with Crippen LogP contribution in [-0.4, -0.2) is 47.5 Å². The van der Waals surface area contributed by atoms with Crippen LogP contribution in [0.2, 0.25) is 5.02 Å². The van der Waals surface area contributed by atoms with Gasteiger partial charge in [0, 0.05) is 29.7 Å². The predicted octanol–water partition coefficient (Wildman–Crippen LogP) is 3.55. The Labute approximate surface area is 194 Å². The van der Waals surface area contributed by atoms with Gasteiger partial charge in [-0.25, -0.2) is 0 Å². The zero-order valence-corrected chi connectivity index (χ0v) is 18.9. The van der Waals surface area contributed by atoms with E-state index in [1.54, 1.807) is 17.0 Å². The lowest BCUT2D eigenvalue weighted by atomic mass is 10.1. The first-order chi connectivity index (χ1) is 15.5. The molecule has 2 aromatic carbocycles. The molecule has 1 aliphatic heterocycles. The Morgan fingerprint density at radius 1 is 1.12 bits per heavy atom. The highest BCUT2D eigenvalue weighted by atomic mass is 35.5. The standard InChI is InChI=1S/C25H30ClN3O3/c26-20-4-1-3-19(15-20)23(30)16-27-13-12-17-6-10-21(11-7-17)28-24(31)22-5-2-14-29(22)25(32)18-8-9-18/h1,3-4,6-7,10-11,15,18,22-23,27,30H,2,5,8-9,12-14,16H2,(H,28,31)/t22-,23+/m1/s1. The number of hydrogen-bond donors (Lipinski definition) is 3. The monoisotopic (exact) mass is 455 g/mol. The van der Waals surface area contributed by atoms with Gasteiger partial charge in [-0.1, -0.05) is 35.9 Å². The SMILES string of the molecule is O=C(Nc1ccc(CCNC[C@H](O)c2cccc(Cl)c2)cc1)[C@H]1CCCN1C(=O)C1CC1. The Morgan fingerprint density at radius 3 is 2.62 bits per heavy atom. The second kappa shape index (κ2) is 10.5. The van der Waals surface area contributed by atoms with E-state index in [0.717, 1.165) is 55.5 Å². The number of aliphatic hydroxyl groups excluding tert-OH is 1. The lowest BCUT2D eigenvalue weighted by Gasteiger charge is -2.24. The summed E-state index contributed by atoms with van der Waals surface area (Å²) in [5.41, 5.74) is 2.68. The molecule has 0 bridgehead atoms. The van der Waals surface area contributed by atoms with Crippen LogP contribution in [0.1, 0.15) is 42.9 Å². The molecule has 1 saturated heterocycles. The molecular weight excluding hydrogens is 426 g/mol. The molecule has 7 heteroatoms. The van der Waals surface area contributed by atoms with Crippen LogP contribution in [0.15, 0.2) is 48.5 Å². The molecule has 32 heavy (non-hydrogen) atoms. The summed E-state index contributed by atoms with van der Waals surface area (Å²) in [5.74, 6) is 0.190. The quantitative estimate of drug-likeness (QED) is 0.505. The van der Waals surface area contributed by atoms with Crippen molar-refractivity contribution in [2.24, 2.45) is 5.92 Å². The van der Waals surface area contributed by atoms with E-state index in [0.29, 0.717) is 18.1 Å². The van der Waals surface area contributed by atoms with Gasteiger partial charge in [-0.2, -0.15) is 0 Å². The van der Waals surface area contributed by atoms with Gasteiger partial charge >= 0.3 is 0 Å². The van der Waals surface area contributed by atoms with Crippen molar-refractivity contribution in [2.45, 2.75) is 44.2 Å². The summed E-state index contributed by atoms with van der Waals surface area (Å²) in [6.07, 6.45) is 3.74. The lowest BCUT2D eigenvalue weighted by molar-refractivity contribution is -0.137. The largest absolute Gasteiger partial charge is 0.387 e. The summed E-state index contributed by atoms with van der Waals surface area (Å²) in [4.78, 5) is 26.9. The average Bonchev–Trinajstić information content (AvgIpc) is 3.53. The molecule has 0 radical (unpaired) electrons. The molecule has 4 rings (SSSR count). The number of rotatable bonds is 9. The van der Waals surface area contributed by atoms with Gasteiger partial charge < -0.3 is 20.6 Å². The second-order valence-electron chi connectivity index (χ2n) is 8.68. The number of likely N-dealkylation sites (tertiary alicyclic amines) is 1. The van der Waals surface area contributed by atoms with Gasteiger partial charge in [-0.3, -0.25) is 9.59 Å². The molecule has 2 fully saturated rings. The van der Waals surface area contributed by atoms with Crippen molar-refractivity contribution >= 4 is 29.1 Å². The molecule has 2 aliphatic rings. The summed E-state index contributed by atoms with van der Waals surface area (Å²) in [7, 11) is 0. The third-order valence-corrected chi connectivity index (χ3v) is 6.38. The number of hydrogen-bond acceptors (Lipinski definition) is 4. The normalized spacial score (nSPS) is 19.1. The van der Waals surface area contributed by atoms with E-state index in [4.69, 9.17) is 11.6 Å². The zero-order valence-electron chi connectivity index (χ0n) is 18.1. The Morgan fingerprint density at radius 2 is 1.91 bits per heavy atom. The Bertz CT molecular complexity index is 946. The number of halogens is 1. The van der Waals surface area contributed by atoms with E-state index in [9.17, 15) is 14.7 Å². The van der Waals surface area contributed by atoms with Crippen LogP contribution in [0, 0.1) is 5.92 Å². The summed E-state index contributed by atoms with van der Waals surface area (Å²) >= 11 is 5.97. The molecule has 2 atom stereocenters. The van der Waals surface area contributed by atoms with Gasteiger partial charge in [-0.05, 0) is 74.0 Å². The van der Waals surface area contributed by atoms with E-state index in [2.05, 4.69) is 10.6 Å². The van der Waals surface area contributed by atoms with Crippen LogP contribution in [0.3, 0.4) is 0 Å². The first-order valence-electron chi connectivity index (χ1n) is 11.4. The van der Waals surface area contributed by atoms with Crippen LogP contribution in [0.25, 0.3) is 0 Å². The molecule has 0 spiro atoms. The highest BCUT2D eigenvalue weighted by Crippen LogP contribution is 2.34. The van der Waals surface area contributed by atoms with Crippen molar-refractivity contribution < 1.29 is 14.7 Å². The van der Waals surface area contributed by atoms with Crippen molar-refractivity contribution in [2.75, 3.05) is 25.0 Å².